The average Bonchev–Trinajstić information content (AvgIpc) is 2.94. The zero-order valence-corrected chi connectivity index (χ0v) is 11.8. The molecule has 2 aliphatic carbocycles. The van der Waals surface area contributed by atoms with Gasteiger partial charge in [-0.05, 0) is 31.5 Å². The lowest BCUT2D eigenvalue weighted by atomic mass is 9.60. The van der Waals surface area contributed by atoms with Crippen LogP contribution in [0.4, 0.5) is 8.78 Å². The van der Waals surface area contributed by atoms with Crippen LogP contribution in [0.1, 0.15) is 39.0 Å². The summed E-state index contributed by atoms with van der Waals surface area (Å²) in [4.78, 5) is 0. The molecule has 110 valence electrons. The molecule has 2 nitrogen and oxygen atoms in total. The van der Waals surface area contributed by atoms with Gasteiger partial charge < -0.3 is 10.1 Å². The summed E-state index contributed by atoms with van der Waals surface area (Å²) in [6.45, 7) is 3.08. The molecule has 0 amide bonds. The normalized spacial score (nSPS) is 27.6. The number of hydrogen-bond donors (Lipinski definition) is 1. The molecule has 20 heavy (non-hydrogen) atoms. The molecule has 2 atom stereocenters. The summed E-state index contributed by atoms with van der Waals surface area (Å²) in [5.74, 6) is -1.23. The Labute approximate surface area is 118 Å². The second-order valence-electron chi connectivity index (χ2n) is 5.97. The first-order valence-electron chi connectivity index (χ1n) is 7.51. The van der Waals surface area contributed by atoms with Gasteiger partial charge in [0, 0.05) is 23.9 Å². The molecule has 1 N–H and O–H groups in total. The van der Waals surface area contributed by atoms with Crippen LogP contribution >= 0.6 is 0 Å². The van der Waals surface area contributed by atoms with Crippen molar-refractivity contribution < 1.29 is 13.5 Å². The summed E-state index contributed by atoms with van der Waals surface area (Å²) in [6, 6.07) is 4.30. The van der Waals surface area contributed by atoms with E-state index in [2.05, 4.69) is 12.2 Å². The fraction of sp³-hybridized carbons (Fsp3) is 0.625. The Balaban J connectivity index is 1.72. The van der Waals surface area contributed by atoms with Crippen molar-refractivity contribution in [2.24, 2.45) is 5.41 Å². The first-order chi connectivity index (χ1) is 9.65. The van der Waals surface area contributed by atoms with E-state index in [9.17, 15) is 8.78 Å². The third kappa shape index (κ3) is 2.20. The van der Waals surface area contributed by atoms with Crippen molar-refractivity contribution in [3.8, 4) is 5.75 Å². The standard InChI is InChI=1S/C16H21F2NO/c1-2-19-14-10-15(16(14)7-3-4-8-16)20-11-5-6-12(17)13(18)9-11/h5-6,9,14-15,19H,2-4,7-8,10H2,1H3. The Bertz CT molecular complexity index is 485. The van der Waals surface area contributed by atoms with Crippen molar-refractivity contribution in [2.45, 2.75) is 51.2 Å². The van der Waals surface area contributed by atoms with Crippen LogP contribution in [-0.2, 0) is 0 Å². The second-order valence-corrected chi connectivity index (χ2v) is 5.97. The van der Waals surface area contributed by atoms with Crippen molar-refractivity contribution >= 4 is 0 Å². The van der Waals surface area contributed by atoms with Gasteiger partial charge in [0.1, 0.15) is 11.9 Å². The van der Waals surface area contributed by atoms with Gasteiger partial charge in [-0.3, -0.25) is 0 Å². The zero-order chi connectivity index (χ0) is 14.2. The Morgan fingerprint density at radius 2 is 2.00 bits per heavy atom. The Morgan fingerprint density at radius 3 is 2.65 bits per heavy atom. The average molecular weight is 281 g/mol. The summed E-state index contributed by atoms with van der Waals surface area (Å²) in [5, 5.41) is 3.54. The quantitative estimate of drug-likeness (QED) is 0.909. The van der Waals surface area contributed by atoms with Gasteiger partial charge in [-0.1, -0.05) is 19.8 Å². The SMILES string of the molecule is CCNC1CC(Oc2ccc(F)c(F)c2)C12CCCC2. The third-order valence-electron chi connectivity index (χ3n) is 4.94. The van der Waals surface area contributed by atoms with Crippen molar-refractivity contribution in [3.63, 3.8) is 0 Å². The van der Waals surface area contributed by atoms with Gasteiger partial charge in [0.25, 0.3) is 0 Å². The molecule has 0 bridgehead atoms. The summed E-state index contributed by atoms with van der Waals surface area (Å²) >= 11 is 0. The van der Waals surface area contributed by atoms with E-state index in [1.807, 2.05) is 0 Å². The molecule has 2 saturated carbocycles. The Hall–Kier alpha value is -1.16. The van der Waals surface area contributed by atoms with Gasteiger partial charge >= 0.3 is 0 Å². The van der Waals surface area contributed by atoms with E-state index in [1.54, 1.807) is 0 Å². The van der Waals surface area contributed by atoms with Gasteiger partial charge in [0.2, 0.25) is 0 Å². The highest BCUT2D eigenvalue weighted by molar-refractivity contribution is 5.25. The van der Waals surface area contributed by atoms with E-state index in [1.165, 1.54) is 31.7 Å². The molecule has 0 heterocycles. The maximum Gasteiger partial charge on any atom is 0.162 e. The molecule has 0 saturated heterocycles. The monoisotopic (exact) mass is 281 g/mol. The third-order valence-corrected chi connectivity index (χ3v) is 4.94. The molecule has 0 aliphatic heterocycles. The number of halogens is 2. The van der Waals surface area contributed by atoms with Gasteiger partial charge in [-0.2, -0.15) is 0 Å². The van der Waals surface area contributed by atoms with E-state index < -0.39 is 11.6 Å². The van der Waals surface area contributed by atoms with Crippen LogP contribution in [0.25, 0.3) is 0 Å². The maximum absolute atomic E-state index is 13.3. The highest BCUT2D eigenvalue weighted by Crippen LogP contribution is 2.54. The van der Waals surface area contributed by atoms with Gasteiger partial charge in [-0.15, -0.1) is 0 Å². The van der Waals surface area contributed by atoms with Crippen LogP contribution in [0.3, 0.4) is 0 Å². The smallest absolute Gasteiger partial charge is 0.162 e. The van der Waals surface area contributed by atoms with Crippen LogP contribution in [-0.4, -0.2) is 18.7 Å². The van der Waals surface area contributed by atoms with Crippen molar-refractivity contribution in [1.82, 2.24) is 5.32 Å². The highest BCUT2D eigenvalue weighted by Gasteiger charge is 2.57. The number of ether oxygens (including phenoxy) is 1. The highest BCUT2D eigenvalue weighted by atomic mass is 19.2. The first-order valence-corrected chi connectivity index (χ1v) is 7.51. The van der Waals surface area contributed by atoms with Crippen molar-refractivity contribution in [2.75, 3.05) is 6.54 Å². The molecule has 2 fully saturated rings. The molecule has 3 rings (SSSR count). The molecule has 4 heteroatoms. The van der Waals surface area contributed by atoms with E-state index in [-0.39, 0.29) is 11.5 Å². The largest absolute Gasteiger partial charge is 0.490 e. The van der Waals surface area contributed by atoms with Crippen LogP contribution in [0.5, 0.6) is 5.75 Å². The molecule has 2 aliphatic rings. The van der Waals surface area contributed by atoms with Crippen LogP contribution in [0.2, 0.25) is 0 Å². The lowest BCUT2D eigenvalue weighted by molar-refractivity contribution is -0.0756. The Kier molecular flexibility index (Phi) is 3.67. The van der Waals surface area contributed by atoms with Crippen molar-refractivity contribution in [3.05, 3.63) is 29.8 Å². The Morgan fingerprint density at radius 1 is 1.25 bits per heavy atom. The van der Waals surface area contributed by atoms with Gasteiger partial charge in [0.15, 0.2) is 11.6 Å². The number of rotatable bonds is 4. The van der Waals surface area contributed by atoms with Crippen LogP contribution in [0.15, 0.2) is 18.2 Å². The molecule has 2 unspecified atom stereocenters. The van der Waals surface area contributed by atoms with Gasteiger partial charge in [-0.25, -0.2) is 8.78 Å². The lowest BCUT2D eigenvalue weighted by Crippen LogP contribution is -2.63. The van der Waals surface area contributed by atoms with Gasteiger partial charge in [0.05, 0.1) is 0 Å². The predicted molar refractivity (Wildman–Crippen MR) is 73.8 cm³/mol. The number of hydrogen-bond acceptors (Lipinski definition) is 2. The molecule has 0 radical (unpaired) electrons. The molecule has 1 aromatic rings. The summed E-state index contributed by atoms with van der Waals surface area (Å²) in [7, 11) is 0. The fourth-order valence-electron chi connectivity index (χ4n) is 3.86. The van der Waals surface area contributed by atoms with Crippen LogP contribution < -0.4 is 10.1 Å². The lowest BCUT2D eigenvalue weighted by Gasteiger charge is -2.54. The molecule has 1 aromatic carbocycles. The second kappa shape index (κ2) is 5.32. The summed E-state index contributed by atoms with van der Waals surface area (Å²) in [6.07, 6.45) is 5.88. The number of benzene rings is 1. The topological polar surface area (TPSA) is 21.3 Å². The van der Waals surface area contributed by atoms with Crippen molar-refractivity contribution in [1.29, 1.82) is 0 Å². The number of nitrogens with one attached hydrogen (secondary N) is 1. The van der Waals surface area contributed by atoms with E-state index in [4.69, 9.17) is 4.74 Å². The summed E-state index contributed by atoms with van der Waals surface area (Å²) in [5.41, 5.74) is 0.195. The molecule has 0 aromatic heterocycles. The fourth-order valence-corrected chi connectivity index (χ4v) is 3.86. The summed E-state index contributed by atoms with van der Waals surface area (Å²) < 4.78 is 32.2. The minimum absolute atomic E-state index is 0.124. The zero-order valence-electron chi connectivity index (χ0n) is 11.8. The minimum atomic E-state index is -0.842. The first kappa shape index (κ1) is 13.8. The van der Waals surface area contributed by atoms with E-state index in [0.717, 1.165) is 25.1 Å². The van der Waals surface area contributed by atoms with E-state index >= 15 is 0 Å². The molecular formula is C16H21F2NO. The minimum Gasteiger partial charge on any atom is -0.490 e. The molecule has 1 spiro atoms. The van der Waals surface area contributed by atoms with Crippen LogP contribution in [0, 0.1) is 17.0 Å². The molecular weight excluding hydrogens is 260 g/mol. The predicted octanol–water partition coefficient (Wildman–Crippen LogP) is 3.65. The maximum atomic E-state index is 13.3. The van der Waals surface area contributed by atoms with E-state index in [0.29, 0.717) is 11.8 Å².